The highest BCUT2D eigenvalue weighted by atomic mass is 16.6. The van der Waals surface area contributed by atoms with Crippen LogP contribution in [0.3, 0.4) is 0 Å². The zero-order valence-electron chi connectivity index (χ0n) is 26.9. The molecule has 47 heavy (non-hydrogen) atoms. The number of hydrogen-bond donors (Lipinski definition) is 1. The topological polar surface area (TPSA) is 116 Å². The van der Waals surface area contributed by atoms with E-state index in [1.807, 2.05) is 98.2 Å². The zero-order valence-corrected chi connectivity index (χ0v) is 26.9. The highest BCUT2D eigenvalue weighted by Crippen LogP contribution is 2.26. The minimum Gasteiger partial charge on any atom is -0.443 e. The maximum absolute atomic E-state index is 13.5. The number of benzene rings is 1. The van der Waals surface area contributed by atoms with Gasteiger partial charge >= 0.3 is 6.09 Å². The molecule has 6 rings (SSSR count). The van der Waals surface area contributed by atoms with E-state index in [-0.39, 0.29) is 18.6 Å². The van der Waals surface area contributed by atoms with Crippen LogP contribution in [0.5, 0.6) is 0 Å². The lowest BCUT2D eigenvalue weighted by Crippen LogP contribution is -2.37. The third-order valence-electron chi connectivity index (χ3n) is 7.49. The molecule has 0 aliphatic heterocycles. The largest absolute Gasteiger partial charge is 0.443 e. The van der Waals surface area contributed by atoms with Gasteiger partial charge in [-0.15, -0.1) is 0 Å². The molecule has 0 unspecified atom stereocenters. The average Bonchev–Trinajstić information content (AvgIpc) is 3.46. The SMILES string of the molecule is COCCNc1ccnc(N(Cc2ccc3nc(Cn4ccc5c(-c6ccccc6)cncc5c4=O)cn3c2)C(=O)OC(C)(C)C)c1. The molecular weight excluding hydrogens is 594 g/mol. The van der Waals surface area contributed by atoms with Gasteiger partial charge in [0, 0.05) is 68.2 Å². The van der Waals surface area contributed by atoms with Gasteiger partial charge in [0.2, 0.25) is 0 Å². The van der Waals surface area contributed by atoms with Crippen LogP contribution in [0.4, 0.5) is 16.3 Å². The van der Waals surface area contributed by atoms with Crippen LogP contribution in [0.15, 0.2) is 103 Å². The van der Waals surface area contributed by atoms with Crippen molar-refractivity contribution < 1.29 is 14.3 Å². The van der Waals surface area contributed by atoms with Crippen molar-refractivity contribution in [3.63, 3.8) is 0 Å². The molecular formula is C36H37N7O4. The second kappa shape index (κ2) is 13.4. The summed E-state index contributed by atoms with van der Waals surface area (Å²) in [4.78, 5) is 42.0. The summed E-state index contributed by atoms with van der Waals surface area (Å²) in [6, 6.07) is 19.3. The predicted octanol–water partition coefficient (Wildman–Crippen LogP) is 6.15. The van der Waals surface area contributed by atoms with Gasteiger partial charge in [0.15, 0.2) is 0 Å². The summed E-state index contributed by atoms with van der Waals surface area (Å²) in [6.45, 7) is 7.16. The van der Waals surface area contributed by atoms with Gasteiger partial charge in [-0.05, 0) is 55.5 Å². The molecule has 0 aliphatic rings. The van der Waals surface area contributed by atoms with Crippen LogP contribution in [0.1, 0.15) is 32.0 Å². The van der Waals surface area contributed by atoms with E-state index >= 15 is 0 Å². The van der Waals surface area contributed by atoms with Gasteiger partial charge in [0.25, 0.3) is 5.56 Å². The molecule has 5 aromatic heterocycles. The molecule has 6 aromatic rings. The Balaban J connectivity index is 1.26. The summed E-state index contributed by atoms with van der Waals surface area (Å²) in [5.41, 5.74) is 4.19. The first-order valence-electron chi connectivity index (χ1n) is 15.4. The fraction of sp³-hybridized carbons (Fsp3) is 0.250. The third kappa shape index (κ3) is 7.31. The van der Waals surface area contributed by atoms with Gasteiger partial charge in [-0.1, -0.05) is 36.4 Å². The van der Waals surface area contributed by atoms with E-state index < -0.39 is 11.7 Å². The standard InChI is InChI=1S/C36H37N7O4/c1-36(2,3)47-35(45)43(33-18-27(12-14-39-33)38-15-17-46-4)22-25-10-11-32-40-28(24-42(32)21-25)23-41-16-13-29-30(26-8-6-5-7-9-26)19-37-20-31(29)34(41)44/h5-14,16,18-21,24H,15,17,22-23H2,1-4H3,(H,38,39). The van der Waals surface area contributed by atoms with Crippen molar-refractivity contribution in [1.82, 2.24) is 23.9 Å². The molecule has 0 fully saturated rings. The molecule has 0 saturated heterocycles. The summed E-state index contributed by atoms with van der Waals surface area (Å²) in [7, 11) is 1.65. The molecule has 0 spiro atoms. The zero-order chi connectivity index (χ0) is 33.0. The van der Waals surface area contributed by atoms with Crippen molar-refractivity contribution in [2.24, 2.45) is 0 Å². The molecule has 0 saturated carbocycles. The van der Waals surface area contributed by atoms with Crippen LogP contribution in [-0.2, 0) is 22.6 Å². The molecule has 11 heteroatoms. The molecule has 0 bridgehead atoms. The Morgan fingerprint density at radius 2 is 1.83 bits per heavy atom. The van der Waals surface area contributed by atoms with Crippen molar-refractivity contribution in [3.05, 3.63) is 119 Å². The highest BCUT2D eigenvalue weighted by Gasteiger charge is 2.25. The Bertz CT molecular complexity index is 2080. The maximum atomic E-state index is 13.5. The number of ether oxygens (including phenoxy) is 2. The van der Waals surface area contributed by atoms with Crippen LogP contribution in [0, 0.1) is 0 Å². The van der Waals surface area contributed by atoms with Gasteiger partial charge in [-0.3, -0.25) is 14.7 Å². The fourth-order valence-electron chi connectivity index (χ4n) is 5.33. The molecule has 240 valence electrons. The van der Waals surface area contributed by atoms with Gasteiger partial charge in [-0.2, -0.15) is 0 Å². The monoisotopic (exact) mass is 631 g/mol. The number of hydrogen-bond acceptors (Lipinski definition) is 8. The lowest BCUT2D eigenvalue weighted by atomic mass is 10.0. The highest BCUT2D eigenvalue weighted by molar-refractivity contribution is 5.95. The van der Waals surface area contributed by atoms with Crippen LogP contribution in [0.2, 0.25) is 0 Å². The van der Waals surface area contributed by atoms with E-state index in [0.29, 0.717) is 24.4 Å². The van der Waals surface area contributed by atoms with Crippen molar-refractivity contribution in [2.45, 2.75) is 39.5 Å². The quantitative estimate of drug-likeness (QED) is 0.179. The first kappa shape index (κ1) is 31.4. The number of fused-ring (bicyclic) bond motifs is 2. The number of anilines is 2. The number of aromatic nitrogens is 5. The maximum Gasteiger partial charge on any atom is 0.416 e. The second-order valence-electron chi connectivity index (χ2n) is 12.2. The number of carbonyl (C=O) groups is 1. The molecule has 5 heterocycles. The molecule has 0 radical (unpaired) electrons. The first-order valence-corrected chi connectivity index (χ1v) is 15.4. The van der Waals surface area contributed by atoms with Crippen LogP contribution in [0.25, 0.3) is 27.5 Å². The minimum atomic E-state index is -0.688. The molecule has 1 amide bonds. The Morgan fingerprint density at radius 1 is 1.00 bits per heavy atom. The smallest absolute Gasteiger partial charge is 0.416 e. The van der Waals surface area contributed by atoms with Crippen molar-refractivity contribution in [1.29, 1.82) is 0 Å². The summed E-state index contributed by atoms with van der Waals surface area (Å²) in [5.74, 6) is 0.452. The van der Waals surface area contributed by atoms with E-state index in [1.165, 1.54) is 4.90 Å². The normalized spacial score (nSPS) is 11.6. The first-order chi connectivity index (χ1) is 22.7. The van der Waals surface area contributed by atoms with E-state index in [1.54, 1.807) is 36.5 Å². The van der Waals surface area contributed by atoms with Crippen molar-refractivity contribution in [3.8, 4) is 11.1 Å². The molecule has 0 aliphatic carbocycles. The summed E-state index contributed by atoms with van der Waals surface area (Å²) >= 11 is 0. The lowest BCUT2D eigenvalue weighted by Gasteiger charge is -2.27. The molecule has 0 atom stereocenters. The van der Waals surface area contributed by atoms with E-state index in [9.17, 15) is 9.59 Å². The number of pyridine rings is 4. The van der Waals surface area contributed by atoms with Crippen LogP contribution >= 0.6 is 0 Å². The summed E-state index contributed by atoms with van der Waals surface area (Å²) in [6.07, 6.45) is 10.2. The second-order valence-corrected chi connectivity index (χ2v) is 12.2. The Labute approximate surface area is 272 Å². The molecule has 11 nitrogen and oxygen atoms in total. The number of rotatable bonds is 10. The number of imidazole rings is 1. The number of nitrogens with one attached hydrogen (secondary N) is 1. The van der Waals surface area contributed by atoms with Crippen LogP contribution < -0.4 is 15.8 Å². The summed E-state index contributed by atoms with van der Waals surface area (Å²) < 4.78 is 14.4. The molecule has 1 N–H and O–H groups in total. The lowest BCUT2D eigenvalue weighted by molar-refractivity contribution is 0.0576. The van der Waals surface area contributed by atoms with Gasteiger partial charge in [0.1, 0.15) is 17.1 Å². The van der Waals surface area contributed by atoms with Crippen molar-refractivity contribution in [2.75, 3.05) is 30.5 Å². The van der Waals surface area contributed by atoms with Gasteiger partial charge < -0.3 is 23.8 Å². The van der Waals surface area contributed by atoms with Gasteiger partial charge in [-0.25, -0.2) is 14.8 Å². The van der Waals surface area contributed by atoms with E-state index in [4.69, 9.17) is 14.5 Å². The Hall–Kier alpha value is -5.55. The summed E-state index contributed by atoms with van der Waals surface area (Å²) in [5, 5.41) is 4.68. The number of carbonyl (C=O) groups excluding carboxylic acids is 1. The number of nitrogens with zero attached hydrogens (tertiary/aromatic N) is 6. The van der Waals surface area contributed by atoms with Crippen molar-refractivity contribution >= 4 is 34.0 Å². The average molecular weight is 632 g/mol. The fourth-order valence-corrected chi connectivity index (χ4v) is 5.33. The number of methoxy groups -OCH3 is 1. The van der Waals surface area contributed by atoms with E-state index in [2.05, 4.69) is 15.3 Å². The minimum absolute atomic E-state index is 0.134. The molecule has 1 aromatic carbocycles. The Morgan fingerprint density at radius 3 is 2.62 bits per heavy atom. The van der Waals surface area contributed by atoms with Crippen LogP contribution in [-0.4, -0.2) is 55.9 Å². The Kier molecular flexibility index (Phi) is 8.99. The predicted molar refractivity (Wildman–Crippen MR) is 183 cm³/mol. The van der Waals surface area contributed by atoms with Gasteiger partial charge in [0.05, 0.1) is 30.8 Å². The third-order valence-corrected chi connectivity index (χ3v) is 7.49. The number of amides is 1. The van der Waals surface area contributed by atoms with E-state index in [0.717, 1.165) is 39.1 Å².